The molecule has 0 saturated heterocycles. The van der Waals surface area contributed by atoms with Gasteiger partial charge in [0.05, 0.1) is 0 Å². The molecule has 0 atom stereocenters. The number of carbonyl (C=O) groups is 1. The van der Waals surface area contributed by atoms with Gasteiger partial charge in [0.2, 0.25) is 0 Å². The van der Waals surface area contributed by atoms with Crippen LogP contribution in [0.25, 0.3) is 0 Å². The van der Waals surface area contributed by atoms with Gasteiger partial charge in [-0.25, -0.2) is 4.79 Å². The number of benzene rings is 3. The molecule has 0 bridgehead atoms. The zero-order valence-corrected chi connectivity index (χ0v) is 20.4. The Labute approximate surface area is 205 Å². The average Bonchev–Trinajstić information content (AvgIpc) is 3.16. The van der Waals surface area contributed by atoms with E-state index in [0.29, 0.717) is 39.3 Å². The molecule has 1 aliphatic rings. The van der Waals surface area contributed by atoms with Crippen molar-refractivity contribution < 1.29 is 19.1 Å². The van der Waals surface area contributed by atoms with Gasteiger partial charge in [-0.2, -0.15) is 0 Å². The minimum absolute atomic E-state index is 0.234. The Morgan fingerprint density at radius 1 is 1.06 bits per heavy atom. The largest absolute Gasteiger partial charge is 0.345 e. The fraction of sp³-hybridized carbons (Fsp3) is 0.136. The summed E-state index contributed by atoms with van der Waals surface area (Å²) in [6.07, 6.45) is 0.127. The predicted octanol–water partition coefficient (Wildman–Crippen LogP) is 6.24. The monoisotopic (exact) mass is 523 g/mol. The summed E-state index contributed by atoms with van der Waals surface area (Å²) in [5.74, 6) is 0. The van der Waals surface area contributed by atoms with E-state index >= 15 is 0 Å². The van der Waals surface area contributed by atoms with E-state index in [2.05, 4.69) is 5.32 Å². The topological polar surface area (TPSA) is 93.1 Å². The van der Waals surface area contributed by atoms with Gasteiger partial charge in [-0.3, -0.25) is 13.8 Å². The summed E-state index contributed by atoms with van der Waals surface area (Å²) in [5.41, 5.74) is 2.98. The molecule has 3 N–H and O–H groups in total. The molecule has 0 spiro atoms. The molecule has 0 saturated carbocycles. The van der Waals surface area contributed by atoms with E-state index in [1.54, 1.807) is 35.2 Å². The van der Waals surface area contributed by atoms with Gasteiger partial charge >= 0.3 is 13.6 Å². The molecular formula is C22H20Cl2N3O4PS. The number of para-hydroxylation sites is 1. The summed E-state index contributed by atoms with van der Waals surface area (Å²) in [5, 5.41) is 3.73. The highest BCUT2D eigenvalue weighted by molar-refractivity contribution is 8.01. The highest BCUT2D eigenvalue weighted by Gasteiger charge is 2.27. The number of nitrogens with one attached hydrogen (secondary N) is 1. The van der Waals surface area contributed by atoms with Gasteiger partial charge < -0.3 is 15.1 Å². The van der Waals surface area contributed by atoms with Crippen LogP contribution in [0.4, 0.5) is 21.9 Å². The lowest BCUT2D eigenvalue weighted by molar-refractivity contribution is 0.257. The highest BCUT2D eigenvalue weighted by Crippen LogP contribution is 2.43. The van der Waals surface area contributed by atoms with E-state index in [0.717, 1.165) is 23.2 Å². The van der Waals surface area contributed by atoms with Crippen LogP contribution in [-0.2, 0) is 11.0 Å². The van der Waals surface area contributed by atoms with Crippen LogP contribution in [0.5, 0.6) is 0 Å². The van der Waals surface area contributed by atoms with E-state index in [-0.39, 0.29) is 6.03 Å². The third-order valence-electron chi connectivity index (χ3n) is 4.88. The van der Waals surface area contributed by atoms with Crippen LogP contribution in [0.2, 0.25) is 10.0 Å². The molecule has 172 valence electrons. The minimum atomic E-state index is -4.37. The Bertz CT molecular complexity index is 1210. The minimum Gasteiger partial charge on any atom is -0.323 e. The van der Waals surface area contributed by atoms with E-state index in [1.165, 1.54) is 4.31 Å². The first-order valence-electron chi connectivity index (χ1n) is 9.91. The van der Waals surface area contributed by atoms with Crippen molar-refractivity contribution >= 4 is 65.8 Å². The molecule has 0 aromatic heterocycles. The van der Waals surface area contributed by atoms with E-state index < -0.39 is 13.9 Å². The lowest BCUT2D eigenvalue weighted by Crippen LogP contribution is -2.33. The molecular weight excluding hydrogens is 504 g/mol. The lowest BCUT2D eigenvalue weighted by atomic mass is 10.1. The number of urea groups is 1. The molecule has 0 radical (unpaired) electrons. The maximum Gasteiger partial charge on any atom is 0.345 e. The van der Waals surface area contributed by atoms with Crippen molar-refractivity contribution in [1.82, 2.24) is 0 Å². The number of fused-ring (bicyclic) bond motifs is 1. The Kier molecular flexibility index (Phi) is 7.24. The van der Waals surface area contributed by atoms with Crippen LogP contribution in [0.1, 0.15) is 5.56 Å². The first-order valence-corrected chi connectivity index (χ1v) is 13.2. The van der Waals surface area contributed by atoms with Crippen molar-refractivity contribution in [3.05, 3.63) is 82.3 Å². The highest BCUT2D eigenvalue weighted by atomic mass is 35.5. The Hall–Kier alpha value is -2.19. The Morgan fingerprint density at radius 3 is 2.42 bits per heavy atom. The molecule has 0 aliphatic carbocycles. The fourth-order valence-electron chi connectivity index (χ4n) is 3.51. The third-order valence-corrected chi connectivity index (χ3v) is 7.17. The van der Waals surface area contributed by atoms with Crippen molar-refractivity contribution in [3.63, 3.8) is 0 Å². The van der Waals surface area contributed by atoms with E-state index in [4.69, 9.17) is 23.2 Å². The lowest BCUT2D eigenvalue weighted by Gasteiger charge is -2.25. The zero-order valence-electron chi connectivity index (χ0n) is 17.2. The maximum atomic E-state index is 12.8. The number of anilines is 3. The Morgan fingerprint density at radius 2 is 1.76 bits per heavy atom. The molecule has 1 aliphatic heterocycles. The summed E-state index contributed by atoms with van der Waals surface area (Å²) in [6, 6.07) is 19.3. The third kappa shape index (κ3) is 6.23. The number of halogens is 2. The summed E-state index contributed by atoms with van der Waals surface area (Å²) < 4.78 is 13.3. The summed E-state index contributed by atoms with van der Waals surface area (Å²) in [6.45, 7) is 0.507. The maximum absolute atomic E-state index is 12.8. The molecule has 2 amide bonds. The molecule has 33 heavy (non-hydrogen) atoms. The summed E-state index contributed by atoms with van der Waals surface area (Å²) in [7, 11) is -4.37. The van der Waals surface area contributed by atoms with Crippen LogP contribution >= 0.6 is 42.7 Å². The number of carbonyl (C=O) groups excluding carboxylic acids is 1. The van der Waals surface area contributed by atoms with Gasteiger partial charge in [0.1, 0.15) is 6.29 Å². The Balaban J connectivity index is 1.58. The van der Waals surface area contributed by atoms with Crippen LogP contribution in [0, 0.1) is 0 Å². The van der Waals surface area contributed by atoms with Crippen LogP contribution < -0.4 is 14.5 Å². The molecule has 4 rings (SSSR count). The average molecular weight is 524 g/mol. The second-order valence-electron chi connectivity index (χ2n) is 7.39. The van der Waals surface area contributed by atoms with Crippen molar-refractivity contribution in [1.29, 1.82) is 0 Å². The van der Waals surface area contributed by atoms with E-state index in [1.807, 2.05) is 36.4 Å². The molecule has 3 aromatic rings. The molecule has 3 aromatic carbocycles. The fourth-order valence-corrected chi connectivity index (χ4v) is 6.17. The molecule has 1 heterocycles. The SMILES string of the molecule is O=C(Nc1ccccc1)N1CCc2cc(N(CP(=O)(O)O)Sc3cc(Cl)cc(Cl)c3)ccc21. The van der Waals surface area contributed by atoms with Gasteiger partial charge in [-0.1, -0.05) is 41.4 Å². The second kappa shape index (κ2) is 9.97. The number of hydrogen-bond acceptors (Lipinski definition) is 4. The van der Waals surface area contributed by atoms with Crippen molar-refractivity contribution in [2.75, 3.05) is 27.4 Å². The smallest absolute Gasteiger partial charge is 0.323 e. The van der Waals surface area contributed by atoms with Gasteiger partial charge in [0.25, 0.3) is 0 Å². The second-order valence-corrected chi connectivity index (χ2v) is 11.0. The number of hydrogen-bond donors (Lipinski definition) is 3. The van der Waals surface area contributed by atoms with Crippen LogP contribution in [0.3, 0.4) is 0 Å². The van der Waals surface area contributed by atoms with Crippen LogP contribution in [-0.4, -0.2) is 28.6 Å². The number of amides is 2. The van der Waals surface area contributed by atoms with Crippen LogP contribution in [0.15, 0.2) is 71.6 Å². The van der Waals surface area contributed by atoms with Gasteiger partial charge in [0, 0.05) is 38.5 Å². The molecule has 0 fully saturated rings. The van der Waals surface area contributed by atoms with Gasteiger partial charge in [0.15, 0.2) is 0 Å². The first-order chi connectivity index (χ1) is 15.7. The zero-order chi connectivity index (χ0) is 23.6. The van der Waals surface area contributed by atoms with E-state index in [9.17, 15) is 19.1 Å². The molecule has 7 nitrogen and oxygen atoms in total. The van der Waals surface area contributed by atoms with Gasteiger partial charge in [-0.05, 0) is 72.5 Å². The molecule has 11 heteroatoms. The van der Waals surface area contributed by atoms with Crippen molar-refractivity contribution in [2.24, 2.45) is 0 Å². The van der Waals surface area contributed by atoms with Gasteiger partial charge in [-0.15, -0.1) is 0 Å². The normalized spacial score (nSPS) is 13.0. The summed E-state index contributed by atoms with van der Waals surface area (Å²) >= 11 is 13.3. The first kappa shape index (κ1) is 24.0. The molecule has 0 unspecified atom stereocenters. The quantitative estimate of drug-likeness (QED) is 0.261. The predicted molar refractivity (Wildman–Crippen MR) is 135 cm³/mol. The number of nitrogens with zero attached hydrogens (tertiary/aromatic N) is 2. The van der Waals surface area contributed by atoms with Crippen molar-refractivity contribution in [3.8, 4) is 0 Å². The standard InChI is InChI=1S/C22H20Cl2N3O4PS/c23-16-11-17(24)13-20(12-16)33-27(14-32(29,30)31)19-6-7-21-15(10-19)8-9-26(21)22(28)25-18-4-2-1-3-5-18/h1-7,10-13H,8-9,14H2,(H,25,28)(H2,29,30,31). The number of rotatable bonds is 6. The summed E-state index contributed by atoms with van der Waals surface area (Å²) in [4.78, 5) is 34.3. The van der Waals surface area contributed by atoms with Crippen molar-refractivity contribution in [2.45, 2.75) is 11.3 Å².